The van der Waals surface area contributed by atoms with Crippen molar-refractivity contribution in [2.75, 3.05) is 6.54 Å². The van der Waals surface area contributed by atoms with Crippen LogP contribution in [0.25, 0.3) is 0 Å². The van der Waals surface area contributed by atoms with E-state index in [2.05, 4.69) is 54.8 Å². The van der Waals surface area contributed by atoms with E-state index in [1.165, 1.54) is 0 Å². The van der Waals surface area contributed by atoms with Crippen molar-refractivity contribution in [3.8, 4) is 0 Å². The first-order chi connectivity index (χ1) is 17.0. The minimum absolute atomic E-state index is 0. The molecule has 0 aromatic heterocycles. The van der Waals surface area contributed by atoms with Gasteiger partial charge in [0.1, 0.15) is 11.6 Å². The van der Waals surface area contributed by atoms with E-state index in [1.54, 1.807) is 51.1 Å². The number of alkyl carbamates (subject to hydrolysis) is 1. The summed E-state index contributed by atoms with van der Waals surface area (Å²) in [4.78, 5) is 34.4. The average Bonchev–Trinajstić information content (AvgIpc) is 2.86. The number of benzene rings is 2. The molecule has 0 fully saturated rings. The number of nitrogens with two attached hydrogens (primary N) is 1. The van der Waals surface area contributed by atoms with Gasteiger partial charge in [-0.25, -0.2) is 9.59 Å². The fourth-order valence-corrected chi connectivity index (χ4v) is 2.87. The second kappa shape index (κ2) is 23.9. The molecule has 0 saturated carbocycles. The minimum atomic E-state index is -1.13. The molecule has 0 aliphatic rings. The van der Waals surface area contributed by atoms with Gasteiger partial charge in [-0.15, -0.1) is 36.4 Å². The third kappa shape index (κ3) is 19.2. The zero-order chi connectivity index (χ0) is 27.6. The van der Waals surface area contributed by atoms with Crippen LogP contribution in [-0.4, -0.2) is 35.2 Å². The number of halogens is 4. The normalized spacial score (nSPS) is 11.2. The number of aliphatic carboxylic acids is 1. The summed E-state index contributed by atoms with van der Waals surface area (Å²) < 4.78 is 5.03. The van der Waals surface area contributed by atoms with Crippen LogP contribution in [0.4, 0.5) is 4.79 Å². The molecule has 0 radical (unpaired) electrons. The number of carboxylic acids is 1. The highest BCUT2D eigenvalue weighted by Crippen LogP contribution is 2.14. The van der Waals surface area contributed by atoms with Crippen LogP contribution in [0.2, 0.25) is 0 Å². The van der Waals surface area contributed by atoms with Crippen molar-refractivity contribution >= 4 is 91.6 Å². The molecule has 12 heteroatoms. The van der Waals surface area contributed by atoms with Gasteiger partial charge >= 0.3 is 12.1 Å². The quantitative estimate of drug-likeness (QED) is 0.157. The van der Waals surface area contributed by atoms with E-state index in [0.717, 1.165) is 24.8 Å². The fraction of sp³-hybridized carbons (Fsp3) is 0.423. The van der Waals surface area contributed by atoms with E-state index >= 15 is 0 Å². The van der Waals surface area contributed by atoms with E-state index in [9.17, 15) is 14.4 Å². The van der Waals surface area contributed by atoms with Crippen LogP contribution in [0.5, 0.6) is 0 Å². The Balaban J connectivity index is -0.000000579. The highest BCUT2D eigenvalue weighted by atomic mass is 128. The predicted molar refractivity (Wildman–Crippen MR) is 183 cm³/mol. The highest BCUT2D eigenvalue weighted by Gasteiger charge is 2.25. The lowest BCUT2D eigenvalue weighted by molar-refractivity contribution is -0.139. The first-order valence-corrected chi connectivity index (χ1v) is 17.8. The van der Waals surface area contributed by atoms with Gasteiger partial charge in [0.05, 0.1) is 0 Å². The third-order valence-electron chi connectivity index (χ3n) is 4.56. The lowest BCUT2D eigenvalue weighted by Crippen LogP contribution is -2.38. The number of nitrogens with one attached hydrogen (secondary N) is 2. The van der Waals surface area contributed by atoms with Crippen LogP contribution in [-0.2, 0) is 14.3 Å². The Kier molecular flexibility index (Phi) is 26.2. The van der Waals surface area contributed by atoms with Crippen molar-refractivity contribution in [2.45, 2.75) is 64.6 Å². The van der Waals surface area contributed by atoms with Crippen LogP contribution in [0.3, 0.4) is 0 Å². The van der Waals surface area contributed by atoms with Gasteiger partial charge in [-0.05, 0) is 38.3 Å². The molecule has 2 aromatic rings. The second-order valence-corrected chi connectivity index (χ2v) is 8.71. The summed E-state index contributed by atoms with van der Waals surface area (Å²) in [6.07, 6.45) is 2.56. The molecular formula is C26H39ClI3N3O5. The summed E-state index contributed by atoms with van der Waals surface area (Å²) in [6, 6.07) is 16.2. The number of carbonyl (C=O) groups is 3. The number of rotatable bonds is 9. The van der Waals surface area contributed by atoms with Gasteiger partial charge in [-0.3, -0.25) is 4.79 Å². The number of carbonyl (C=O) groups excluding carboxylic acids is 2. The highest BCUT2D eigenvalue weighted by molar-refractivity contribution is 15.0. The smallest absolute Gasteiger partial charge is 0.408 e. The molecule has 0 heterocycles. The number of ether oxygens (including phenoxy) is 1. The van der Waals surface area contributed by atoms with Crippen LogP contribution in [0.15, 0.2) is 60.7 Å². The van der Waals surface area contributed by atoms with Crippen LogP contribution in [0, 0.1) is 0 Å². The Hall–Kier alpha value is -0.910. The second-order valence-electron chi connectivity index (χ2n) is 8.71. The van der Waals surface area contributed by atoms with Gasteiger partial charge in [0, 0.05) is 43.8 Å². The van der Waals surface area contributed by atoms with Gasteiger partial charge < -0.3 is 26.2 Å². The Labute approximate surface area is 272 Å². The van der Waals surface area contributed by atoms with Crippen molar-refractivity contribution in [1.29, 1.82) is 0 Å². The molecule has 2 rings (SSSR count). The fourth-order valence-electron chi connectivity index (χ4n) is 2.87. The molecule has 0 bridgehead atoms. The number of hydrogen-bond acceptors (Lipinski definition) is 5. The molecule has 38 heavy (non-hydrogen) atoms. The summed E-state index contributed by atoms with van der Waals surface area (Å²) >= 11 is 4.24. The maximum Gasteiger partial charge on any atom is 0.408 e. The number of amides is 2. The summed E-state index contributed by atoms with van der Waals surface area (Å²) in [5.41, 5.74) is 6.53. The Bertz CT molecular complexity index is 904. The molecule has 2 aromatic carbocycles. The van der Waals surface area contributed by atoms with Crippen molar-refractivity contribution < 1.29 is 24.2 Å². The molecular weight excluding hydrogens is 850 g/mol. The summed E-state index contributed by atoms with van der Waals surface area (Å²) in [5.74, 6) is -1.23. The zero-order valence-corrected chi connectivity index (χ0v) is 29.4. The molecule has 8 nitrogen and oxygen atoms in total. The molecule has 5 N–H and O–H groups in total. The monoisotopic (exact) mass is 889 g/mol. The van der Waals surface area contributed by atoms with Crippen molar-refractivity contribution in [3.05, 3.63) is 71.8 Å². The average molecular weight is 890 g/mol. The number of hydrogen-bond donors (Lipinski definition) is 4. The summed E-state index contributed by atoms with van der Waals surface area (Å²) in [7, 11) is 0. The largest absolute Gasteiger partial charge is 0.479 e. The van der Waals surface area contributed by atoms with Gasteiger partial charge in [0.15, 0.2) is 6.04 Å². The van der Waals surface area contributed by atoms with Crippen molar-refractivity contribution in [1.82, 2.24) is 10.6 Å². The standard InChI is InChI=1S/C13H20N2O.C13H17NO4.ClH.I2.HI/c1-2-3-7-10-15-13(16)12(14)11-8-5-4-6-9-11;1-13(2,3)18-12(17)14-10(11(15)16)9-7-5-4-6-8-9;;1-2;/h4-6,8-9,12H,2-3,7,10,14H2,1H3,(H,15,16);4-8,10H,1-3H3,(H,14,17)(H,15,16);1H;;1H/t12-;10-;;;/m00.../s1. The first kappa shape index (κ1) is 41.6. The third-order valence-corrected chi connectivity index (χ3v) is 4.56. The van der Waals surface area contributed by atoms with E-state index < -0.39 is 29.7 Å². The van der Waals surface area contributed by atoms with E-state index in [1.807, 2.05) is 30.3 Å². The maximum absolute atomic E-state index is 11.7. The lowest BCUT2D eigenvalue weighted by Gasteiger charge is -2.22. The summed E-state index contributed by atoms with van der Waals surface area (Å²) in [5, 5.41) is 14.3. The Morgan fingerprint density at radius 1 is 0.947 bits per heavy atom. The number of unbranched alkanes of at least 4 members (excludes halogenated alkanes) is 2. The SMILES string of the molecule is CC(C)(C)OC(=O)N[C@H](C(=O)O)c1ccccc1.CCCCCNC(=O)[C@@H](N)c1ccccc1.Cl.I.II. The Morgan fingerprint density at radius 3 is 1.84 bits per heavy atom. The Morgan fingerprint density at radius 2 is 1.42 bits per heavy atom. The lowest BCUT2D eigenvalue weighted by atomic mass is 10.1. The van der Waals surface area contributed by atoms with Crippen molar-refractivity contribution in [2.24, 2.45) is 5.73 Å². The number of carboxylic acid groups (broad SMARTS) is 1. The summed E-state index contributed by atoms with van der Waals surface area (Å²) in [6.45, 7) is 7.99. The van der Waals surface area contributed by atoms with E-state index in [-0.39, 0.29) is 42.3 Å². The topological polar surface area (TPSA) is 131 Å². The molecule has 2 amide bonds. The molecule has 0 aliphatic heterocycles. The van der Waals surface area contributed by atoms with E-state index in [4.69, 9.17) is 15.6 Å². The zero-order valence-electron chi connectivity index (χ0n) is 22.0. The van der Waals surface area contributed by atoms with Crippen LogP contribution >= 0.6 is 73.6 Å². The molecule has 2 atom stereocenters. The molecule has 0 spiro atoms. The maximum atomic E-state index is 11.7. The van der Waals surface area contributed by atoms with Gasteiger partial charge in [-0.2, -0.15) is 0 Å². The van der Waals surface area contributed by atoms with Crippen LogP contribution in [0.1, 0.15) is 70.2 Å². The van der Waals surface area contributed by atoms with E-state index in [0.29, 0.717) is 12.1 Å². The first-order valence-electron chi connectivity index (χ1n) is 11.5. The molecule has 0 saturated heterocycles. The molecule has 0 aliphatic carbocycles. The molecule has 216 valence electrons. The van der Waals surface area contributed by atoms with Gasteiger partial charge in [0.25, 0.3) is 0 Å². The van der Waals surface area contributed by atoms with Crippen LogP contribution < -0.4 is 16.4 Å². The van der Waals surface area contributed by atoms with Gasteiger partial charge in [0.2, 0.25) is 5.91 Å². The minimum Gasteiger partial charge on any atom is -0.479 e. The molecule has 0 unspecified atom stereocenters. The van der Waals surface area contributed by atoms with Crippen molar-refractivity contribution in [3.63, 3.8) is 0 Å². The predicted octanol–water partition coefficient (Wildman–Crippen LogP) is 7.14. The van der Waals surface area contributed by atoms with Gasteiger partial charge in [-0.1, -0.05) is 80.4 Å².